The lowest BCUT2D eigenvalue weighted by atomic mass is 10.1. The lowest BCUT2D eigenvalue weighted by molar-refractivity contribution is 0.395. The van der Waals surface area contributed by atoms with Crippen molar-refractivity contribution in [2.24, 2.45) is 0 Å². The third kappa shape index (κ3) is 4.27. The zero-order valence-electron chi connectivity index (χ0n) is 16.5. The molecule has 6 nitrogen and oxygen atoms in total. The van der Waals surface area contributed by atoms with E-state index >= 15 is 0 Å². The molecule has 0 aliphatic heterocycles. The summed E-state index contributed by atoms with van der Waals surface area (Å²) in [6.45, 7) is 1.90. The van der Waals surface area contributed by atoms with Crippen LogP contribution in [0.25, 0.3) is 11.0 Å². The van der Waals surface area contributed by atoms with Crippen LogP contribution in [0.3, 0.4) is 0 Å². The number of aromatic nitrogens is 3. The predicted molar refractivity (Wildman–Crippen MR) is 118 cm³/mol. The first kappa shape index (κ1) is 20.5. The van der Waals surface area contributed by atoms with E-state index in [0.717, 1.165) is 34.5 Å². The van der Waals surface area contributed by atoms with Crippen molar-refractivity contribution < 1.29 is 9.47 Å². The largest absolute Gasteiger partial charge is 0.497 e. The summed E-state index contributed by atoms with van der Waals surface area (Å²) >= 11 is 0. The van der Waals surface area contributed by atoms with Gasteiger partial charge in [-0.1, -0.05) is 30.3 Å². The molecule has 2 aromatic heterocycles. The van der Waals surface area contributed by atoms with E-state index in [4.69, 9.17) is 9.47 Å². The lowest BCUT2D eigenvalue weighted by Crippen LogP contribution is -2.01. The number of halogens is 1. The Morgan fingerprint density at radius 3 is 2.52 bits per heavy atom. The number of hydrogen-bond acceptors (Lipinski definition) is 5. The Balaban J connectivity index is 0.00000240. The predicted octanol–water partition coefficient (Wildman–Crippen LogP) is 5.04. The van der Waals surface area contributed by atoms with Crippen molar-refractivity contribution in [2.75, 3.05) is 19.5 Å². The summed E-state index contributed by atoms with van der Waals surface area (Å²) in [6.07, 6.45) is 2.81. The first-order valence-corrected chi connectivity index (χ1v) is 9.05. The SMILES string of the molecule is COc1ccc(Nc2nc(C)nc3c(Cc4ccccc4)c[nH]c23)c(OC)c1.Cl. The summed E-state index contributed by atoms with van der Waals surface area (Å²) in [4.78, 5) is 12.6. The fourth-order valence-corrected chi connectivity index (χ4v) is 3.24. The van der Waals surface area contributed by atoms with Gasteiger partial charge in [-0.2, -0.15) is 0 Å². The summed E-state index contributed by atoms with van der Waals surface area (Å²) in [5.41, 5.74) is 4.98. The minimum atomic E-state index is 0. The number of fused-ring (bicyclic) bond motifs is 1. The minimum absolute atomic E-state index is 0. The number of H-pyrrole nitrogens is 1. The summed E-state index contributed by atoms with van der Waals surface area (Å²) in [6, 6.07) is 16.0. The van der Waals surface area contributed by atoms with E-state index in [1.54, 1.807) is 14.2 Å². The molecule has 4 aromatic rings. The highest BCUT2D eigenvalue weighted by molar-refractivity contribution is 5.91. The van der Waals surface area contributed by atoms with Crippen molar-refractivity contribution in [3.8, 4) is 11.5 Å². The maximum absolute atomic E-state index is 5.49. The second kappa shape index (κ2) is 8.84. The second-order valence-corrected chi connectivity index (χ2v) is 6.51. The van der Waals surface area contributed by atoms with Crippen molar-refractivity contribution in [3.05, 3.63) is 71.7 Å². The van der Waals surface area contributed by atoms with Crippen LogP contribution in [-0.2, 0) is 6.42 Å². The maximum atomic E-state index is 5.49. The van der Waals surface area contributed by atoms with Crippen LogP contribution in [0, 0.1) is 6.92 Å². The van der Waals surface area contributed by atoms with Crippen molar-refractivity contribution in [3.63, 3.8) is 0 Å². The maximum Gasteiger partial charge on any atom is 0.158 e. The number of nitrogens with zero attached hydrogens (tertiary/aromatic N) is 2. The highest BCUT2D eigenvalue weighted by Gasteiger charge is 2.14. The quantitative estimate of drug-likeness (QED) is 0.466. The van der Waals surface area contributed by atoms with E-state index < -0.39 is 0 Å². The Kier molecular flexibility index (Phi) is 6.24. The van der Waals surface area contributed by atoms with Crippen molar-refractivity contribution in [2.45, 2.75) is 13.3 Å². The summed E-state index contributed by atoms with van der Waals surface area (Å²) < 4.78 is 10.8. The molecule has 0 aliphatic rings. The molecule has 0 atom stereocenters. The number of anilines is 2. The Bertz CT molecular complexity index is 1110. The number of benzene rings is 2. The van der Waals surface area contributed by atoms with Crippen molar-refractivity contribution in [1.29, 1.82) is 0 Å². The van der Waals surface area contributed by atoms with E-state index in [-0.39, 0.29) is 12.4 Å². The van der Waals surface area contributed by atoms with Crippen LogP contribution < -0.4 is 14.8 Å². The molecular formula is C22H23ClN4O2. The van der Waals surface area contributed by atoms with Crippen LogP contribution in [0.2, 0.25) is 0 Å². The minimum Gasteiger partial charge on any atom is -0.497 e. The highest BCUT2D eigenvalue weighted by atomic mass is 35.5. The monoisotopic (exact) mass is 410 g/mol. The average Bonchev–Trinajstić information content (AvgIpc) is 3.11. The molecule has 0 amide bonds. The van der Waals surface area contributed by atoms with Gasteiger partial charge in [0.25, 0.3) is 0 Å². The normalized spacial score (nSPS) is 10.4. The topological polar surface area (TPSA) is 72.1 Å². The van der Waals surface area contributed by atoms with Gasteiger partial charge in [-0.25, -0.2) is 9.97 Å². The number of ether oxygens (including phenoxy) is 2. The number of hydrogen-bond donors (Lipinski definition) is 2. The molecule has 0 spiro atoms. The zero-order chi connectivity index (χ0) is 19.5. The standard InChI is InChI=1S/C22H22N4O2.ClH/c1-14-24-20-16(11-15-7-5-4-6-8-15)13-23-21(20)22(25-14)26-18-10-9-17(27-2)12-19(18)28-3;/h4-10,12-13,23H,11H2,1-3H3,(H,24,25,26);1H. The Hall–Kier alpha value is -3.25. The summed E-state index contributed by atoms with van der Waals surface area (Å²) in [7, 11) is 3.26. The molecule has 0 saturated carbocycles. The molecule has 29 heavy (non-hydrogen) atoms. The van der Waals surface area contributed by atoms with Crippen LogP contribution in [-0.4, -0.2) is 29.2 Å². The van der Waals surface area contributed by atoms with Crippen molar-refractivity contribution in [1.82, 2.24) is 15.0 Å². The van der Waals surface area contributed by atoms with Crippen LogP contribution in [0.15, 0.2) is 54.7 Å². The van der Waals surface area contributed by atoms with Gasteiger partial charge < -0.3 is 19.8 Å². The summed E-state index contributed by atoms with van der Waals surface area (Å²) in [5, 5.41) is 3.37. The van der Waals surface area contributed by atoms with E-state index in [1.807, 2.05) is 49.5 Å². The molecule has 0 fully saturated rings. The average molecular weight is 411 g/mol. The molecule has 4 rings (SSSR count). The second-order valence-electron chi connectivity index (χ2n) is 6.51. The molecule has 2 aromatic carbocycles. The van der Waals surface area contributed by atoms with Gasteiger partial charge in [0.1, 0.15) is 22.8 Å². The Morgan fingerprint density at radius 2 is 1.79 bits per heavy atom. The molecule has 2 heterocycles. The van der Waals surface area contributed by atoms with Gasteiger partial charge in [-0.3, -0.25) is 0 Å². The number of rotatable bonds is 6. The van der Waals surface area contributed by atoms with Crippen LogP contribution in [0.1, 0.15) is 17.0 Å². The molecule has 2 N–H and O–H groups in total. The van der Waals surface area contributed by atoms with Gasteiger partial charge in [-0.05, 0) is 24.6 Å². The molecular weight excluding hydrogens is 388 g/mol. The number of methoxy groups -OCH3 is 2. The molecule has 0 aliphatic carbocycles. The fraction of sp³-hybridized carbons (Fsp3) is 0.182. The van der Waals surface area contributed by atoms with Crippen LogP contribution >= 0.6 is 12.4 Å². The van der Waals surface area contributed by atoms with Gasteiger partial charge in [0.2, 0.25) is 0 Å². The van der Waals surface area contributed by atoms with Crippen LogP contribution in [0.4, 0.5) is 11.5 Å². The van der Waals surface area contributed by atoms with E-state index in [0.29, 0.717) is 17.4 Å². The first-order valence-electron chi connectivity index (χ1n) is 9.05. The van der Waals surface area contributed by atoms with Gasteiger partial charge in [0.15, 0.2) is 5.82 Å². The zero-order valence-corrected chi connectivity index (χ0v) is 17.3. The lowest BCUT2D eigenvalue weighted by Gasteiger charge is -2.13. The summed E-state index contributed by atoms with van der Waals surface area (Å²) in [5.74, 6) is 2.83. The Labute approximate surface area is 175 Å². The smallest absolute Gasteiger partial charge is 0.158 e. The van der Waals surface area contributed by atoms with Crippen molar-refractivity contribution >= 4 is 34.9 Å². The van der Waals surface area contributed by atoms with Gasteiger partial charge in [-0.15, -0.1) is 12.4 Å². The van der Waals surface area contributed by atoms with Crippen LogP contribution in [0.5, 0.6) is 11.5 Å². The highest BCUT2D eigenvalue weighted by Crippen LogP contribution is 2.33. The molecule has 7 heteroatoms. The number of nitrogens with one attached hydrogen (secondary N) is 2. The van der Waals surface area contributed by atoms with Gasteiger partial charge in [0, 0.05) is 24.2 Å². The first-order chi connectivity index (χ1) is 13.7. The van der Waals surface area contributed by atoms with E-state index in [9.17, 15) is 0 Å². The van der Waals surface area contributed by atoms with E-state index in [2.05, 4.69) is 32.4 Å². The van der Waals surface area contributed by atoms with Gasteiger partial charge in [0.05, 0.1) is 25.4 Å². The Morgan fingerprint density at radius 1 is 1.00 bits per heavy atom. The third-order valence-electron chi connectivity index (χ3n) is 4.61. The molecule has 0 saturated heterocycles. The third-order valence-corrected chi connectivity index (χ3v) is 4.61. The number of aromatic amines is 1. The number of aryl methyl sites for hydroxylation is 1. The molecule has 150 valence electrons. The van der Waals surface area contributed by atoms with Gasteiger partial charge >= 0.3 is 0 Å². The fourth-order valence-electron chi connectivity index (χ4n) is 3.24. The molecule has 0 bridgehead atoms. The molecule has 0 radical (unpaired) electrons. The van der Waals surface area contributed by atoms with E-state index in [1.165, 1.54) is 5.56 Å². The molecule has 0 unspecified atom stereocenters.